The minimum atomic E-state index is -5.27. The molecule has 0 saturated heterocycles. The summed E-state index contributed by atoms with van der Waals surface area (Å²) in [5.41, 5.74) is -3.79. The Morgan fingerprint density at radius 1 is 0.371 bits per heavy atom. The lowest BCUT2D eigenvalue weighted by Crippen LogP contribution is -2.12. The van der Waals surface area contributed by atoms with Gasteiger partial charge in [0.15, 0.2) is 0 Å². The van der Waals surface area contributed by atoms with Gasteiger partial charge in [-0.15, -0.1) is 0 Å². The van der Waals surface area contributed by atoms with E-state index in [4.69, 9.17) is 0 Å². The van der Waals surface area contributed by atoms with Crippen molar-refractivity contribution in [2.45, 2.75) is 24.7 Å². The second-order valence-electron chi connectivity index (χ2n) is 14.5. The molecule has 310 valence electrons. The highest BCUT2D eigenvalue weighted by Crippen LogP contribution is 2.47. The molecule has 9 aromatic rings. The molecule has 2 aromatic heterocycles. The Kier molecular flexibility index (Phi) is 9.02. The summed E-state index contributed by atoms with van der Waals surface area (Å²) in [7, 11) is 0. The predicted octanol–water partition coefficient (Wildman–Crippen LogP) is 15.2. The highest BCUT2D eigenvalue weighted by molar-refractivity contribution is 6.12. The van der Waals surface area contributed by atoms with E-state index in [1.54, 1.807) is 57.7 Å². The minimum Gasteiger partial charge on any atom is -0.309 e. The molecule has 0 aliphatic heterocycles. The van der Waals surface area contributed by atoms with Crippen molar-refractivity contribution in [3.8, 4) is 39.7 Å². The second kappa shape index (κ2) is 13.9. The number of fused-ring (bicyclic) bond motifs is 6. The topological polar surface area (TPSA) is 33.6 Å². The Bertz CT molecular complexity index is 3320. The van der Waals surface area contributed by atoms with Crippen molar-refractivity contribution in [3.63, 3.8) is 0 Å². The van der Waals surface area contributed by atoms with Crippen LogP contribution in [0.15, 0.2) is 140 Å². The summed E-state index contributed by atoms with van der Waals surface area (Å²) < 4.78 is 173. The lowest BCUT2D eigenvalue weighted by molar-refractivity contribution is -0.143. The van der Waals surface area contributed by atoms with Crippen molar-refractivity contribution >= 4 is 43.6 Å². The maximum absolute atomic E-state index is 14.7. The van der Waals surface area contributed by atoms with Gasteiger partial charge in [0.1, 0.15) is 0 Å². The van der Waals surface area contributed by atoms with Crippen LogP contribution in [0.2, 0.25) is 0 Å². The van der Waals surface area contributed by atoms with Gasteiger partial charge in [0.2, 0.25) is 0 Å². The molecule has 7 aromatic carbocycles. The standard InChI is InChI=1S/C47H23F12N3/c48-44(49,50)27-12-17-41-35(21-27)31-5-1-3-7-38(31)61(41)40-16-10-26(30-15-11-29(46(54,55)56)23-37(30)47(57,58)59)20-34(40)33-14-9-25(24-60)19-43(33)62-39-8-4-2-6-32(39)36-22-28(45(51,52)53)13-18-42(36)62/h1-23H. The Labute approximate surface area is 341 Å². The van der Waals surface area contributed by atoms with Gasteiger partial charge >= 0.3 is 24.7 Å². The summed E-state index contributed by atoms with van der Waals surface area (Å²) >= 11 is 0. The fourth-order valence-electron chi connectivity index (χ4n) is 8.15. The van der Waals surface area contributed by atoms with E-state index in [0.29, 0.717) is 33.9 Å². The molecule has 15 heteroatoms. The van der Waals surface area contributed by atoms with Crippen LogP contribution in [0.4, 0.5) is 52.7 Å². The molecule has 0 radical (unpaired) electrons. The number of benzene rings is 7. The molecule has 2 heterocycles. The number of nitriles is 1. The third-order valence-electron chi connectivity index (χ3n) is 10.9. The van der Waals surface area contributed by atoms with Gasteiger partial charge in [0.25, 0.3) is 0 Å². The van der Waals surface area contributed by atoms with Crippen molar-refractivity contribution in [2.24, 2.45) is 0 Å². The minimum absolute atomic E-state index is 0.00849. The van der Waals surface area contributed by atoms with Crippen LogP contribution in [0, 0.1) is 11.3 Å². The lowest BCUT2D eigenvalue weighted by atomic mass is 9.92. The predicted molar refractivity (Wildman–Crippen MR) is 211 cm³/mol. The molecule has 0 bridgehead atoms. The van der Waals surface area contributed by atoms with E-state index in [-0.39, 0.29) is 61.5 Å². The Morgan fingerprint density at radius 2 is 0.839 bits per heavy atom. The van der Waals surface area contributed by atoms with Crippen molar-refractivity contribution in [2.75, 3.05) is 0 Å². The van der Waals surface area contributed by atoms with Gasteiger partial charge in [-0.1, -0.05) is 54.6 Å². The molecule has 9 rings (SSSR count). The monoisotopic (exact) mass is 857 g/mol. The molecule has 0 unspecified atom stereocenters. The summed E-state index contributed by atoms with van der Waals surface area (Å²) in [6, 6.07) is 30.7. The van der Waals surface area contributed by atoms with Gasteiger partial charge in [0, 0.05) is 32.7 Å². The van der Waals surface area contributed by atoms with Crippen LogP contribution < -0.4 is 0 Å². The molecule has 62 heavy (non-hydrogen) atoms. The zero-order valence-electron chi connectivity index (χ0n) is 31.2. The molecule has 0 aliphatic carbocycles. The average Bonchev–Trinajstić information content (AvgIpc) is 3.74. The molecule has 3 nitrogen and oxygen atoms in total. The Hall–Kier alpha value is -7.21. The Morgan fingerprint density at radius 3 is 1.35 bits per heavy atom. The van der Waals surface area contributed by atoms with Crippen molar-refractivity contribution in [3.05, 3.63) is 167 Å². The van der Waals surface area contributed by atoms with E-state index >= 15 is 0 Å². The normalized spacial score (nSPS) is 12.8. The van der Waals surface area contributed by atoms with Crippen LogP contribution in [0.3, 0.4) is 0 Å². The zero-order chi connectivity index (χ0) is 44.1. The molecular formula is C47H23F12N3. The highest BCUT2D eigenvalue weighted by atomic mass is 19.4. The molecule has 0 amide bonds. The zero-order valence-corrected chi connectivity index (χ0v) is 31.2. The average molecular weight is 858 g/mol. The number of halogens is 12. The van der Waals surface area contributed by atoms with Crippen LogP contribution in [0.25, 0.3) is 77.2 Å². The van der Waals surface area contributed by atoms with Gasteiger partial charge < -0.3 is 9.13 Å². The number of aromatic nitrogens is 2. The van der Waals surface area contributed by atoms with E-state index in [1.807, 2.05) is 6.07 Å². The fraction of sp³-hybridized carbons (Fsp3) is 0.0851. The van der Waals surface area contributed by atoms with E-state index in [2.05, 4.69) is 0 Å². The van der Waals surface area contributed by atoms with E-state index in [1.165, 1.54) is 48.5 Å². The van der Waals surface area contributed by atoms with Crippen molar-refractivity contribution in [1.29, 1.82) is 5.26 Å². The van der Waals surface area contributed by atoms with Crippen LogP contribution >= 0.6 is 0 Å². The fourth-order valence-corrected chi connectivity index (χ4v) is 8.15. The third-order valence-corrected chi connectivity index (χ3v) is 10.9. The molecule has 0 atom stereocenters. The van der Waals surface area contributed by atoms with E-state index in [0.717, 1.165) is 24.3 Å². The third kappa shape index (κ3) is 6.66. The quantitative estimate of drug-likeness (QED) is 0.162. The smallest absolute Gasteiger partial charge is 0.309 e. The van der Waals surface area contributed by atoms with E-state index < -0.39 is 52.5 Å². The SMILES string of the molecule is N#Cc1ccc(-c2cc(-c3ccc(C(F)(F)F)cc3C(F)(F)F)ccc2-n2c3ccccc3c3cc(C(F)(F)F)ccc32)c(-n2c3ccccc3c3cc(C(F)(F)F)ccc32)c1. The maximum Gasteiger partial charge on any atom is 0.417 e. The molecule has 0 N–H and O–H groups in total. The van der Waals surface area contributed by atoms with Crippen LogP contribution in [0.1, 0.15) is 27.8 Å². The highest BCUT2D eigenvalue weighted by Gasteiger charge is 2.39. The molecular weight excluding hydrogens is 835 g/mol. The first kappa shape index (κ1) is 40.2. The van der Waals surface area contributed by atoms with Gasteiger partial charge in [-0.2, -0.15) is 57.9 Å². The molecule has 0 fully saturated rings. The number of para-hydroxylation sites is 2. The maximum atomic E-state index is 14.7. The first-order valence-electron chi connectivity index (χ1n) is 18.4. The summed E-state index contributed by atoms with van der Waals surface area (Å²) in [5, 5.41) is 11.2. The molecule has 0 aliphatic rings. The summed E-state index contributed by atoms with van der Waals surface area (Å²) in [5.74, 6) is 0. The van der Waals surface area contributed by atoms with Gasteiger partial charge in [-0.05, 0) is 96.1 Å². The van der Waals surface area contributed by atoms with Crippen molar-refractivity contribution in [1.82, 2.24) is 9.13 Å². The van der Waals surface area contributed by atoms with Gasteiger partial charge in [-0.3, -0.25) is 0 Å². The largest absolute Gasteiger partial charge is 0.417 e. The number of hydrogen-bond donors (Lipinski definition) is 0. The van der Waals surface area contributed by atoms with Gasteiger partial charge in [-0.25, -0.2) is 0 Å². The second-order valence-corrected chi connectivity index (χ2v) is 14.5. The number of alkyl halides is 12. The summed E-state index contributed by atoms with van der Waals surface area (Å²) in [4.78, 5) is 0. The number of hydrogen-bond acceptors (Lipinski definition) is 1. The summed E-state index contributed by atoms with van der Waals surface area (Å²) in [6.45, 7) is 0. The lowest BCUT2D eigenvalue weighted by Gasteiger charge is -2.21. The Balaban J connectivity index is 1.42. The van der Waals surface area contributed by atoms with Crippen LogP contribution in [-0.4, -0.2) is 9.13 Å². The first-order chi connectivity index (χ1) is 29.2. The summed E-state index contributed by atoms with van der Waals surface area (Å²) in [6.07, 6.45) is -19.8. The van der Waals surface area contributed by atoms with Crippen LogP contribution in [0.5, 0.6) is 0 Å². The van der Waals surface area contributed by atoms with Crippen LogP contribution in [-0.2, 0) is 24.7 Å². The van der Waals surface area contributed by atoms with E-state index in [9.17, 15) is 57.9 Å². The molecule has 0 saturated carbocycles. The number of rotatable bonds is 4. The van der Waals surface area contributed by atoms with Gasteiger partial charge in [0.05, 0.1) is 67.3 Å². The first-order valence-corrected chi connectivity index (χ1v) is 18.4. The number of nitrogens with zero attached hydrogens (tertiary/aromatic N) is 3. The van der Waals surface area contributed by atoms with Crippen molar-refractivity contribution < 1.29 is 52.7 Å². The molecule has 0 spiro atoms.